The molecule has 1 aliphatic carbocycles. The third-order valence-corrected chi connectivity index (χ3v) is 5.94. The molecule has 1 unspecified atom stereocenters. The third kappa shape index (κ3) is 3.00. The summed E-state index contributed by atoms with van der Waals surface area (Å²) in [5.74, 6) is 0.542. The summed E-state index contributed by atoms with van der Waals surface area (Å²) in [5.41, 5.74) is 2.26. The van der Waals surface area contributed by atoms with Gasteiger partial charge in [-0.2, -0.15) is 0 Å². The van der Waals surface area contributed by atoms with Crippen LogP contribution in [-0.2, 0) is 6.42 Å². The van der Waals surface area contributed by atoms with Crippen LogP contribution in [0, 0.1) is 11.3 Å². The molecule has 4 nitrogen and oxygen atoms in total. The number of carbonyl (C=O) groups is 2. The molecule has 1 N–H and O–H groups in total. The van der Waals surface area contributed by atoms with Gasteiger partial charge in [0.1, 0.15) is 0 Å². The largest absolute Gasteiger partial charge is 0.396 e. The van der Waals surface area contributed by atoms with Gasteiger partial charge in [-0.05, 0) is 49.3 Å². The number of piperidine rings is 1. The van der Waals surface area contributed by atoms with Crippen LogP contribution in [0.2, 0.25) is 0 Å². The molecule has 0 spiro atoms. The Morgan fingerprint density at radius 3 is 2.79 bits per heavy atom. The van der Waals surface area contributed by atoms with E-state index in [9.17, 15) is 14.7 Å². The Labute approximate surface area is 143 Å². The molecule has 0 bridgehead atoms. The summed E-state index contributed by atoms with van der Waals surface area (Å²) in [6.07, 6.45) is 4.24. The lowest BCUT2D eigenvalue weighted by molar-refractivity contribution is 0.000688. The SMILES string of the molecule is CC(C)C1(CO)CCCN(C(=O)c2ccc3c(c2)CCCC3=O)C1. The van der Waals surface area contributed by atoms with Gasteiger partial charge in [-0.1, -0.05) is 19.9 Å². The number of carbonyl (C=O) groups excluding carboxylic acids is 2. The van der Waals surface area contributed by atoms with E-state index in [0.717, 1.165) is 43.4 Å². The summed E-state index contributed by atoms with van der Waals surface area (Å²) >= 11 is 0. The van der Waals surface area contributed by atoms with Crippen molar-refractivity contribution in [3.8, 4) is 0 Å². The summed E-state index contributed by atoms with van der Waals surface area (Å²) in [4.78, 5) is 26.8. The van der Waals surface area contributed by atoms with E-state index in [1.165, 1.54) is 0 Å². The van der Waals surface area contributed by atoms with E-state index < -0.39 is 0 Å². The monoisotopic (exact) mass is 329 g/mol. The number of benzene rings is 1. The van der Waals surface area contributed by atoms with Crippen LogP contribution >= 0.6 is 0 Å². The highest BCUT2D eigenvalue weighted by Crippen LogP contribution is 2.37. The first-order valence-electron chi connectivity index (χ1n) is 9.03. The molecule has 1 aliphatic heterocycles. The number of likely N-dealkylation sites (tertiary alicyclic amines) is 1. The van der Waals surface area contributed by atoms with E-state index in [2.05, 4.69) is 13.8 Å². The highest BCUT2D eigenvalue weighted by Gasteiger charge is 2.39. The lowest BCUT2D eigenvalue weighted by Crippen LogP contribution is -2.50. The summed E-state index contributed by atoms with van der Waals surface area (Å²) in [7, 11) is 0. The topological polar surface area (TPSA) is 57.6 Å². The van der Waals surface area contributed by atoms with Crippen LogP contribution in [0.15, 0.2) is 18.2 Å². The van der Waals surface area contributed by atoms with Crippen LogP contribution in [0.5, 0.6) is 0 Å². The number of nitrogens with zero attached hydrogens (tertiary/aromatic N) is 1. The molecule has 0 saturated carbocycles. The van der Waals surface area contributed by atoms with Crippen LogP contribution in [0.1, 0.15) is 65.8 Å². The Bertz CT molecular complexity index is 652. The molecular weight excluding hydrogens is 302 g/mol. The van der Waals surface area contributed by atoms with Gasteiger partial charge in [0.25, 0.3) is 5.91 Å². The fourth-order valence-corrected chi connectivity index (χ4v) is 4.08. The smallest absolute Gasteiger partial charge is 0.253 e. The van der Waals surface area contributed by atoms with Gasteiger partial charge in [0.15, 0.2) is 5.78 Å². The van der Waals surface area contributed by atoms with E-state index in [0.29, 0.717) is 24.4 Å². The molecule has 1 amide bonds. The lowest BCUT2D eigenvalue weighted by atomic mass is 9.72. The summed E-state index contributed by atoms with van der Waals surface area (Å²) < 4.78 is 0. The molecule has 3 rings (SSSR count). The van der Waals surface area contributed by atoms with Crippen molar-refractivity contribution < 1.29 is 14.7 Å². The van der Waals surface area contributed by atoms with Gasteiger partial charge in [-0.15, -0.1) is 0 Å². The van der Waals surface area contributed by atoms with Crippen LogP contribution in [0.4, 0.5) is 0 Å². The Kier molecular flexibility index (Phi) is 4.77. The minimum absolute atomic E-state index is 0.0222. The maximum absolute atomic E-state index is 13.0. The number of aliphatic hydroxyl groups is 1. The molecule has 24 heavy (non-hydrogen) atoms. The molecular formula is C20H27NO3. The number of aliphatic hydroxyl groups excluding tert-OH is 1. The molecule has 4 heteroatoms. The predicted octanol–water partition coefficient (Wildman–Crippen LogP) is 3.08. The van der Waals surface area contributed by atoms with Crippen molar-refractivity contribution in [1.29, 1.82) is 0 Å². The van der Waals surface area contributed by atoms with Crippen molar-refractivity contribution in [3.63, 3.8) is 0 Å². The van der Waals surface area contributed by atoms with Crippen molar-refractivity contribution in [2.45, 2.75) is 46.0 Å². The van der Waals surface area contributed by atoms with E-state index in [1.807, 2.05) is 17.0 Å². The van der Waals surface area contributed by atoms with Gasteiger partial charge in [-0.25, -0.2) is 0 Å². The van der Waals surface area contributed by atoms with Gasteiger partial charge >= 0.3 is 0 Å². The van der Waals surface area contributed by atoms with Crippen LogP contribution in [-0.4, -0.2) is 41.4 Å². The average Bonchev–Trinajstić information content (AvgIpc) is 2.60. The number of hydrogen-bond acceptors (Lipinski definition) is 3. The van der Waals surface area contributed by atoms with Gasteiger partial charge in [0.2, 0.25) is 0 Å². The first kappa shape index (κ1) is 17.2. The maximum Gasteiger partial charge on any atom is 0.253 e. The molecule has 1 heterocycles. The van der Waals surface area contributed by atoms with Gasteiger partial charge in [-0.3, -0.25) is 9.59 Å². The van der Waals surface area contributed by atoms with E-state index in [4.69, 9.17) is 0 Å². The number of aryl methyl sites for hydroxylation is 1. The highest BCUT2D eigenvalue weighted by molar-refractivity contribution is 6.01. The fourth-order valence-electron chi connectivity index (χ4n) is 4.08. The second-order valence-corrected chi connectivity index (χ2v) is 7.65. The lowest BCUT2D eigenvalue weighted by Gasteiger charge is -2.44. The summed E-state index contributed by atoms with van der Waals surface area (Å²) in [6.45, 7) is 5.70. The summed E-state index contributed by atoms with van der Waals surface area (Å²) in [5, 5.41) is 9.89. The second-order valence-electron chi connectivity index (χ2n) is 7.65. The number of rotatable bonds is 3. The number of Topliss-reactive ketones (excluding diaryl/α,β-unsaturated/α-hetero) is 1. The summed E-state index contributed by atoms with van der Waals surface area (Å²) in [6, 6.07) is 5.50. The van der Waals surface area contributed by atoms with Crippen LogP contribution < -0.4 is 0 Å². The average molecular weight is 329 g/mol. The minimum Gasteiger partial charge on any atom is -0.396 e. The Morgan fingerprint density at radius 2 is 2.08 bits per heavy atom. The van der Waals surface area contributed by atoms with Gasteiger partial charge in [0, 0.05) is 36.1 Å². The standard InChI is InChI=1S/C20H27NO3/c1-14(2)20(13-22)9-4-10-21(12-20)19(24)16-7-8-17-15(11-16)5-3-6-18(17)23/h7-8,11,14,22H,3-6,9-10,12-13H2,1-2H3. The zero-order chi connectivity index (χ0) is 17.3. The van der Waals surface area contributed by atoms with Gasteiger partial charge in [0.05, 0.1) is 6.61 Å². The fraction of sp³-hybridized carbons (Fsp3) is 0.600. The van der Waals surface area contributed by atoms with Crippen molar-refractivity contribution in [1.82, 2.24) is 4.90 Å². The number of amides is 1. The highest BCUT2D eigenvalue weighted by atomic mass is 16.3. The molecule has 130 valence electrons. The van der Waals surface area contributed by atoms with E-state index in [1.54, 1.807) is 6.07 Å². The Hall–Kier alpha value is -1.68. The first-order chi connectivity index (χ1) is 11.5. The Morgan fingerprint density at radius 1 is 1.29 bits per heavy atom. The molecule has 1 aromatic carbocycles. The molecule has 1 aromatic rings. The van der Waals surface area contributed by atoms with Crippen LogP contribution in [0.25, 0.3) is 0 Å². The minimum atomic E-state index is -0.196. The molecule has 0 radical (unpaired) electrons. The van der Waals surface area contributed by atoms with E-state index >= 15 is 0 Å². The number of hydrogen-bond donors (Lipinski definition) is 1. The Balaban J connectivity index is 1.83. The molecule has 1 saturated heterocycles. The van der Waals surface area contributed by atoms with Crippen molar-refractivity contribution >= 4 is 11.7 Å². The second kappa shape index (κ2) is 6.67. The predicted molar refractivity (Wildman–Crippen MR) is 93.2 cm³/mol. The maximum atomic E-state index is 13.0. The van der Waals surface area contributed by atoms with Crippen molar-refractivity contribution in [2.24, 2.45) is 11.3 Å². The molecule has 2 aliphatic rings. The zero-order valence-corrected chi connectivity index (χ0v) is 14.7. The normalized spacial score (nSPS) is 24.2. The zero-order valence-electron chi connectivity index (χ0n) is 14.7. The molecule has 0 aromatic heterocycles. The van der Waals surface area contributed by atoms with Gasteiger partial charge < -0.3 is 10.0 Å². The quantitative estimate of drug-likeness (QED) is 0.927. The molecule has 1 fully saturated rings. The van der Waals surface area contributed by atoms with Crippen molar-refractivity contribution in [3.05, 3.63) is 34.9 Å². The van der Waals surface area contributed by atoms with Crippen LogP contribution in [0.3, 0.4) is 0 Å². The third-order valence-electron chi connectivity index (χ3n) is 5.94. The number of fused-ring (bicyclic) bond motifs is 1. The van der Waals surface area contributed by atoms with E-state index in [-0.39, 0.29) is 23.7 Å². The van der Waals surface area contributed by atoms with Crippen molar-refractivity contribution in [2.75, 3.05) is 19.7 Å². The first-order valence-corrected chi connectivity index (χ1v) is 9.03. The molecule has 1 atom stereocenters. The number of ketones is 1.